The highest BCUT2D eigenvalue weighted by Crippen LogP contribution is 2.22. The monoisotopic (exact) mass is 330 g/mol. The number of hydrogen-bond donors (Lipinski definition) is 1. The van der Waals surface area contributed by atoms with E-state index in [1.165, 1.54) is 0 Å². The fraction of sp³-hybridized carbons (Fsp3) is 0.222. The number of rotatable bonds is 5. The van der Waals surface area contributed by atoms with Crippen LogP contribution in [0.3, 0.4) is 0 Å². The molecule has 2 amide bonds. The number of nitrogens with zero attached hydrogens (tertiary/aromatic N) is 1. The van der Waals surface area contributed by atoms with Crippen molar-refractivity contribution in [3.63, 3.8) is 0 Å². The summed E-state index contributed by atoms with van der Waals surface area (Å²) >= 11 is 5.60. The van der Waals surface area contributed by atoms with E-state index >= 15 is 0 Å². The van der Waals surface area contributed by atoms with Crippen LogP contribution in [0.2, 0.25) is 0 Å². The van der Waals surface area contributed by atoms with E-state index in [9.17, 15) is 9.59 Å². The van der Waals surface area contributed by atoms with Crippen LogP contribution in [0.15, 0.2) is 54.6 Å². The zero-order chi connectivity index (χ0) is 16.8. The van der Waals surface area contributed by atoms with Gasteiger partial charge in [0.25, 0.3) is 5.91 Å². The van der Waals surface area contributed by atoms with Crippen molar-refractivity contribution >= 4 is 29.1 Å². The van der Waals surface area contributed by atoms with Crippen molar-refractivity contribution in [3.05, 3.63) is 65.7 Å². The average Bonchev–Trinajstić information content (AvgIpc) is 2.60. The Morgan fingerprint density at radius 3 is 2.48 bits per heavy atom. The number of hydrogen-bond acceptors (Lipinski definition) is 2. The van der Waals surface area contributed by atoms with Gasteiger partial charge in [-0.2, -0.15) is 0 Å². The molecule has 120 valence electrons. The summed E-state index contributed by atoms with van der Waals surface area (Å²) in [6.07, 6.45) is 0. The Hall–Kier alpha value is -2.33. The van der Waals surface area contributed by atoms with Crippen LogP contribution in [0, 0.1) is 0 Å². The molecule has 0 aromatic heterocycles. The van der Waals surface area contributed by atoms with Crippen LogP contribution in [0.5, 0.6) is 0 Å². The third-order valence-corrected chi connectivity index (χ3v) is 3.98. The van der Waals surface area contributed by atoms with Crippen LogP contribution >= 0.6 is 11.6 Å². The van der Waals surface area contributed by atoms with Gasteiger partial charge in [-0.15, -0.1) is 11.6 Å². The molecule has 2 aromatic rings. The predicted molar refractivity (Wildman–Crippen MR) is 92.7 cm³/mol. The van der Waals surface area contributed by atoms with Crippen molar-refractivity contribution in [2.24, 2.45) is 0 Å². The van der Waals surface area contributed by atoms with E-state index in [1.54, 1.807) is 24.1 Å². The van der Waals surface area contributed by atoms with E-state index in [4.69, 9.17) is 11.6 Å². The molecule has 0 radical (unpaired) electrons. The van der Waals surface area contributed by atoms with Gasteiger partial charge in [-0.05, 0) is 36.8 Å². The van der Waals surface area contributed by atoms with E-state index in [0.29, 0.717) is 11.3 Å². The Balaban J connectivity index is 2.14. The zero-order valence-corrected chi connectivity index (χ0v) is 13.9. The molecule has 0 aliphatic carbocycles. The topological polar surface area (TPSA) is 49.4 Å². The normalized spacial score (nSPS) is 11.6. The average molecular weight is 331 g/mol. The number of amides is 2. The lowest BCUT2D eigenvalue weighted by Gasteiger charge is -2.25. The van der Waals surface area contributed by atoms with Crippen LogP contribution in [0.4, 0.5) is 5.69 Å². The van der Waals surface area contributed by atoms with Gasteiger partial charge in [0.15, 0.2) is 0 Å². The molecule has 0 spiro atoms. The third-order valence-electron chi connectivity index (χ3n) is 3.75. The summed E-state index contributed by atoms with van der Waals surface area (Å²) < 4.78 is 0. The van der Waals surface area contributed by atoms with Gasteiger partial charge < -0.3 is 10.2 Å². The molecule has 1 unspecified atom stereocenters. The molecule has 0 saturated heterocycles. The van der Waals surface area contributed by atoms with Gasteiger partial charge in [-0.25, -0.2) is 0 Å². The molecule has 0 aliphatic rings. The molecule has 2 rings (SSSR count). The molecular formula is C18H19ClN2O2. The zero-order valence-electron chi connectivity index (χ0n) is 13.1. The first-order chi connectivity index (χ1) is 11.0. The van der Waals surface area contributed by atoms with Crippen LogP contribution in [0.25, 0.3) is 0 Å². The van der Waals surface area contributed by atoms with Gasteiger partial charge in [-0.3, -0.25) is 9.59 Å². The molecule has 1 atom stereocenters. The highest BCUT2D eigenvalue weighted by molar-refractivity contribution is 6.27. The van der Waals surface area contributed by atoms with Gasteiger partial charge in [0.05, 0.1) is 6.04 Å². The maximum Gasteiger partial charge on any atom is 0.255 e. The summed E-state index contributed by atoms with van der Waals surface area (Å²) in [4.78, 5) is 25.5. The smallest absolute Gasteiger partial charge is 0.255 e. The first-order valence-corrected chi connectivity index (χ1v) is 7.84. The van der Waals surface area contributed by atoms with Gasteiger partial charge in [0.1, 0.15) is 5.88 Å². The molecule has 2 aromatic carbocycles. The Labute approximate surface area is 141 Å². The number of alkyl halides is 1. The van der Waals surface area contributed by atoms with Gasteiger partial charge >= 0.3 is 0 Å². The van der Waals surface area contributed by atoms with Crippen molar-refractivity contribution < 1.29 is 9.59 Å². The molecule has 23 heavy (non-hydrogen) atoms. The Kier molecular flexibility index (Phi) is 5.77. The quantitative estimate of drug-likeness (QED) is 0.850. The molecule has 5 heteroatoms. The largest absolute Gasteiger partial charge is 0.338 e. The summed E-state index contributed by atoms with van der Waals surface area (Å²) in [5, 5.41) is 2.87. The summed E-state index contributed by atoms with van der Waals surface area (Å²) in [6, 6.07) is 16.3. The summed E-state index contributed by atoms with van der Waals surface area (Å²) in [5.74, 6) is -0.357. The highest BCUT2D eigenvalue weighted by atomic mass is 35.5. The first-order valence-electron chi connectivity index (χ1n) is 7.31. The maximum atomic E-state index is 12.2. The van der Waals surface area contributed by atoms with Crippen molar-refractivity contribution in [3.8, 4) is 0 Å². The van der Waals surface area contributed by atoms with E-state index in [1.807, 2.05) is 49.4 Å². The van der Waals surface area contributed by atoms with E-state index in [2.05, 4.69) is 5.32 Å². The van der Waals surface area contributed by atoms with Crippen LogP contribution in [0.1, 0.15) is 28.9 Å². The SMILES string of the molecule is CC(c1cccc(NC(=O)c2ccccc2)c1)N(C)C(=O)CCl. The fourth-order valence-corrected chi connectivity index (χ4v) is 2.39. The van der Waals surface area contributed by atoms with Crippen molar-refractivity contribution in [1.82, 2.24) is 4.90 Å². The number of halogens is 1. The maximum absolute atomic E-state index is 12.2. The highest BCUT2D eigenvalue weighted by Gasteiger charge is 2.17. The van der Waals surface area contributed by atoms with Crippen LogP contribution in [-0.2, 0) is 4.79 Å². The molecule has 4 nitrogen and oxygen atoms in total. The lowest BCUT2D eigenvalue weighted by Crippen LogP contribution is -2.30. The number of carbonyl (C=O) groups excluding carboxylic acids is 2. The number of benzene rings is 2. The third kappa shape index (κ3) is 4.33. The minimum Gasteiger partial charge on any atom is -0.338 e. The summed E-state index contributed by atoms with van der Waals surface area (Å²) in [5.41, 5.74) is 2.21. The fourth-order valence-electron chi connectivity index (χ4n) is 2.20. The van der Waals surface area contributed by atoms with Crippen molar-refractivity contribution in [2.45, 2.75) is 13.0 Å². The molecule has 0 fully saturated rings. The van der Waals surface area contributed by atoms with Gasteiger partial charge in [0, 0.05) is 18.3 Å². The second kappa shape index (κ2) is 7.79. The van der Waals surface area contributed by atoms with Crippen molar-refractivity contribution in [1.29, 1.82) is 0 Å². The van der Waals surface area contributed by atoms with Crippen LogP contribution < -0.4 is 5.32 Å². The number of carbonyl (C=O) groups is 2. The molecule has 0 aliphatic heterocycles. The summed E-state index contributed by atoms with van der Waals surface area (Å²) in [7, 11) is 1.71. The van der Waals surface area contributed by atoms with Crippen molar-refractivity contribution in [2.75, 3.05) is 18.2 Å². The number of nitrogens with one attached hydrogen (secondary N) is 1. The molecule has 0 heterocycles. The first kappa shape index (κ1) is 17.0. The molecular weight excluding hydrogens is 312 g/mol. The standard InChI is InChI=1S/C18H19ClN2O2/c1-13(21(2)17(22)12-19)15-9-6-10-16(11-15)20-18(23)14-7-4-3-5-8-14/h3-11,13H,12H2,1-2H3,(H,20,23). The molecule has 0 bridgehead atoms. The van der Waals surface area contributed by atoms with E-state index in [0.717, 1.165) is 5.56 Å². The molecule has 0 saturated carbocycles. The lowest BCUT2D eigenvalue weighted by atomic mass is 10.1. The van der Waals surface area contributed by atoms with Crippen LogP contribution in [-0.4, -0.2) is 29.6 Å². The van der Waals surface area contributed by atoms with E-state index in [-0.39, 0.29) is 23.7 Å². The minimum absolute atomic E-state index is 0.0503. The van der Waals surface area contributed by atoms with E-state index < -0.39 is 0 Å². The Morgan fingerprint density at radius 2 is 1.83 bits per heavy atom. The number of anilines is 1. The van der Waals surface area contributed by atoms with Gasteiger partial charge in [-0.1, -0.05) is 30.3 Å². The minimum atomic E-state index is -0.166. The molecule has 1 N–H and O–H groups in total. The summed E-state index contributed by atoms with van der Waals surface area (Å²) in [6.45, 7) is 1.92. The predicted octanol–water partition coefficient (Wildman–Crippen LogP) is 3.70. The second-order valence-corrected chi connectivity index (χ2v) is 5.53. The Bertz CT molecular complexity index is 688. The second-order valence-electron chi connectivity index (χ2n) is 5.26. The lowest BCUT2D eigenvalue weighted by molar-refractivity contribution is -0.129. The Morgan fingerprint density at radius 1 is 1.13 bits per heavy atom. The van der Waals surface area contributed by atoms with Gasteiger partial charge in [0.2, 0.25) is 5.91 Å².